The van der Waals surface area contributed by atoms with Crippen LogP contribution >= 0.6 is 0 Å². The predicted molar refractivity (Wildman–Crippen MR) is 153 cm³/mol. The van der Waals surface area contributed by atoms with Gasteiger partial charge in [0.2, 0.25) is 11.8 Å². The fourth-order valence-corrected chi connectivity index (χ4v) is 5.96. The minimum Gasteiger partial charge on any atom is -0.489 e. The Bertz CT molecular complexity index is 1750. The van der Waals surface area contributed by atoms with E-state index in [1.54, 1.807) is 42.0 Å². The van der Waals surface area contributed by atoms with E-state index in [1.165, 1.54) is 12.1 Å². The maximum Gasteiger partial charge on any atom is 0.251 e. The molecule has 222 valence electrons. The van der Waals surface area contributed by atoms with Gasteiger partial charge in [0.15, 0.2) is 0 Å². The normalized spacial score (nSPS) is 20.0. The van der Waals surface area contributed by atoms with Gasteiger partial charge >= 0.3 is 0 Å². The summed E-state index contributed by atoms with van der Waals surface area (Å²) in [6, 6.07) is 12.9. The molecule has 2 saturated carbocycles. The van der Waals surface area contributed by atoms with E-state index in [0.29, 0.717) is 39.9 Å². The summed E-state index contributed by atoms with van der Waals surface area (Å²) in [5, 5.41) is 7.71. The highest BCUT2D eigenvalue weighted by Gasteiger charge is 2.49. The van der Waals surface area contributed by atoms with E-state index >= 15 is 0 Å². The number of nitrogens with zero attached hydrogens (tertiary/aromatic N) is 3. The number of methoxy groups -OCH3 is 1. The van der Waals surface area contributed by atoms with Crippen LogP contribution in [0.15, 0.2) is 48.5 Å². The average Bonchev–Trinajstić information content (AvgIpc) is 3.95. The molecule has 3 aliphatic rings. The lowest BCUT2D eigenvalue weighted by Gasteiger charge is -2.23. The van der Waals surface area contributed by atoms with Gasteiger partial charge in [-0.05, 0) is 74.1 Å². The largest absolute Gasteiger partial charge is 0.489 e. The summed E-state index contributed by atoms with van der Waals surface area (Å²) in [4.78, 5) is 30.9. The van der Waals surface area contributed by atoms with Crippen molar-refractivity contribution in [2.24, 2.45) is 11.7 Å². The summed E-state index contributed by atoms with van der Waals surface area (Å²) >= 11 is 0. The third-order valence-electron chi connectivity index (χ3n) is 8.86. The molecule has 1 aromatic carbocycles. The van der Waals surface area contributed by atoms with Crippen LogP contribution in [0.5, 0.6) is 11.6 Å². The number of hydrogen-bond donors (Lipinski definition) is 2. The number of ether oxygens (including phenoxy) is 2. The van der Waals surface area contributed by atoms with Crippen LogP contribution in [0.1, 0.15) is 64.8 Å². The van der Waals surface area contributed by atoms with Crippen molar-refractivity contribution in [3.05, 3.63) is 76.9 Å². The fourth-order valence-electron chi connectivity index (χ4n) is 5.96. The SMILES string of the molecule is COc1cc(C(=O)NC[C@H](c2cc3c(c(-c4ccc(F)cc4)n2)OC[C@@]3(CF)C(N)=O)C2CC2)cc2cc(C3CC3)nn12. The number of pyridine rings is 2. The number of amides is 2. The summed E-state index contributed by atoms with van der Waals surface area (Å²) in [5.41, 5.74) is 8.12. The first-order valence-corrected chi connectivity index (χ1v) is 14.5. The topological polar surface area (TPSA) is 121 Å². The molecule has 11 heteroatoms. The summed E-state index contributed by atoms with van der Waals surface area (Å²) < 4.78 is 41.4. The zero-order valence-corrected chi connectivity index (χ0v) is 23.6. The Morgan fingerprint density at radius 1 is 1.16 bits per heavy atom. The highest BCUT2D eigenvalue weighted by atomic mass is 19.1. The van der Waals surface area contributed by atoms with Crippen LogP contribution < -0.4 is 20.5 Å². The van der Waals surface area contributed by atoms with Crippen molar-refractivity contribution in [1.82, 2.24) is 19.9 Å². The van der Waals surface area contributed by atoms with Crippen LogP contribution in [-0.2, 0) is 10.2 Å². The van der Waals surface area contributed by atoms with E-state index in [1.807, 2.05) is 6.07 Å². The molecule has 0 unspecified atom stereocenters. The zero-order chi connectivity index (χ0) is 29.9. The molecule has 0 spiro atoms. The second kappa shape index (κ2) is 10.3. The van der Waals surface area contributed by atoms with Crippen molar-refractivity contribution in [3.63, 3.8) is 0 Å². The molecule has 7 rings (SSSR count). The minimum absolute atomic E-state index is 0.221. The van der Waals surface area contributed by atoms with Crippen LogP contribution in [0.25, 0.3) is 16.8 Å². The molecule has 4 aromatic rings. The van der Waals surface area contributed by atoms with Crippen molar-refractivity contribution >= 4 is 17.3 Å². The summed E-state index contributed by atoms with van der Waals surface area (Å²) in [6.45, 7) is -1.02. The van der Waals surface area contributed by atoms with Crippen molar-refractivity contribution < 1.29 is 27.8 Å². The highest BCUT2D eigenvalue weighted by Crippen LogP contribution is 2.48. The number of aromatic nitrogens is 3. The van der Waals surface area contributed by atoms with Crippen LogP contribution in [0.4, 0.5) is 8.78 Å². The van der Waals surface area contributed by atoms with Crippen LogP contribution in [0.3, 0.4) is 0 Å². The van der Waals surface area contributed by atoms with Gasteiger partial charge in [-0.2, -0.15) is 5.10 Å². The van der Waals surface area contributed by atoms with Crippen molar-refractivity contribution in [2.45, 2.75) is 42.9 Å². The standard InChI is InChI=1S/C32H31F2N5O4/c1-42-27-11-20(10-22-12-25(18-4-5-18)38-39(22)27)30(40)36-14-23(17-2-3-17)26-13-24-29(43-16-32(24,15-33)31(35)41)28(37-26)19-6-8-21(34)9-7-19/h6-13,17-18,23H,2-5,14-16H2,1H3,(H2,35,41)(H,36,40)/t23-,32+/m0/s1. The van der Waals surface area contributed by atoms with Crippen molar-refractivity contribution in [1.29, 1.82) is 0 Å². The van der Waals surface area contributed by atoms with E-state index in [9.17, 15) is 18.4 Å². The summed E-state index contributed by atoms with van der Waals surface area (Å²) in [7, 11) is 1.55. The number of alkyl halides is 1. The number of carbonyl (C=O) groups excluding carboxylic acids is 2. The van der Waals surface area contributed by atoms with E-state index in [4.69, 9.17) is 20.2 Å². The Labute approximate surface area is 246 Å². The molecular weight excluding hydrogens is 556 g/mol. The Kier molecular flexibility index (Phi) is 6.55. The number of halogens is 2. The van der Waals surface area contributed by atoms with E-state index in [-0.39, 0.29) is 36.6 Å². The van der Waals surface area contributed by atoms with Crippen molar-refractivity contribution in [2.75, 3.05) is 26.9 Å². The number of hydrogen-bond acceptors (Lipinski definition) is 6. The highest BCUT2D eigenvalue weighted by molar-refractivity contribution is 5.96. The maximum atomic E-state index is 14.5. The third kappa shape index (κ3) is 4.76. The Balaban J connectivity index is 1.23. The molecular formula is C32H31F2N5O4. The first-order valence-electron chi connectivity index (χ1n) is 14.5. The Morgan fingerprint density at radius 2 is 1.93 bits per heavy atom. The lowest BCUT2D eigenvalue weighted by molar-refractivity contribution is -0.124. The third-order valence-corrected chi connectivity index (χ3v) is 8.86. The first kappa shape index (κ1) is 27.3. The van der Waals surface area contributed by atoms with Gasteiger partial charge in [0.25, 0.3) is 5.91 Å². The minimum atomic E-state index is -1.66. The van der Waals surface area contributed by atoms with Gasteiger partial charge in [-0.25, -0.2) is 18.3 Å². The molecule has 2 fully saturated rings. The number of nitrogens with two attached hydrogens (primary N) is 1. The first-order chi connectivity index (χ1) is 20.8. The van der Waals surface area contributed by atoms with Gasteiger partial charge in [0.05, 0.1) is 18.3 Å². The van der Waals surface area contributed by atoms with E-state index < -0.39 is 23.8 Å². The lowest BCUT2D eigenvalue weighted by atomic mass is 9.81. The number of rotatable bonds is 10. The van der Waals surface area contributed by atoms with Gasteiger partial charge in [-0.15, -0.1) is 0 Å². The van der Waals surface area contributed by atoms with Gasteiger partial charge in [0, 0.05) is 46.8 Å². The maximum absolute atomic E-state index is 14.5. The zero-order valence-electron chi connectivity index (χ0n) is 23.6. The molecule has 3 N–H and O–H groups in total. The second-order valence-electron chi connectivity index (χ2n) is 11.8. The van der Waals surface area contributed by atoms with Crippen LogP contribution in [-0.4, -0.2) is 53.3 Å². The molecule has 2 aliphatic carbocycles. The molecule has 1 aliphatic heterocycles. The average molecular weight is 588 g/mol. The summed E-state index contributed by atoms with van der Waals surface area (Å²) in [6.07, 6.45) is 4.09. The second-order valence-corrected chi connectivity index (χ2v) is 11.8. The Hall–Kier alpha value is -4.54. The number of benzene rings is 1. The van der Waals surface area contributed by atoms with Gasteiger partial charge < -0.3 is 20.5 Å². The molecule has 4 heterocycles. The number of primary amides is 1. The lowest BCUT2D eigenvalue weighted by Crippen LogP contribution is -2.44. The molecule has 0 bridgehead atoms. The number of carbonyl (C=O) groups is 2. The van der Waals surface area contributed by atoms with Crippen LogP contribution in [0, 0.1) is 11.7 Å². The summed E-state index contributed by atoms with van der Waals surface area (Å²) in [5.74, 6) is -0.335. The number of nitrogens with one attached hydrogen (secondary N) is 1. The monoisotopic (exact) mass is 587 g/mol. The quantitative estimate of drug-likeness (QED) is 0.283. The molecule has 0 radical (unpaired) electrons. The molecule has 2 amide bonds. The fraction of sp³-hybridized carbons (Fsp3) is 0.375. The molecule has 9 nitrogen and oxygen atoms in total. The number of fused-ring (bicyclic) bond motifs is 2. The molecule has 43 heavy (non-hydrogen) atoms. The predicted octanol–water partition coefficient (Wildman–Crippen LogP) is 4.43. The Morgan fingerprint density at radius 3 is 2.58 bits per heavy atom. The van der Waals surface area contributed by atoms with E-state index in [2.05, 4.69) is 10.4 Å². The van der Waals surface area contributed by atoms with Crippen LogP contribution in [0.2, 0.25) is 0 Å². The van der Waals surface area contributed by atoms with Gasteiger partial charge in [-0.3, -0.25) is 9.59 Å². The molecule has 2 atom stereocenters. The van der Waals surface area contributed by atoms with Gasteiger partial charge in [0.1, 0.15) is 36.0 Å². The van der Waals surface area contributed by atoms with Crippen molar-refractivity contribution in [3.8, 4) is 22.9 Å². The molecule has 0 saturated heterocycles. The van der Waals surface area contributed by atoms with Gasteiger partial charge in [-0.1, -0.05) is 0 Å². The van der Waals surface area contributed by atoms with E-state index in [0.717, 1.165) is 36.9 Å². The smallest absolute Gasteiger partial charge is 0.251 e. The molecule has 3 aromatic heterocycles.